The van der Waals surface area contributed by atoms with Gasteiger partial charge in [0.1, 0.15) is 0 Å². The number of nitrogens with one attached hydrogen (secondary N) is 1. The number of alkyl halides is 5. The first kappa shape index (κ1) is 30.2. The molecule has 0 saturated carbocycles. The normalized spacial score (nSPS) is 19.3. The van der Waals surface area contributed by atoms with Crippen LogP contribution in [0.3, 0.4) is 0 Å². The van der Waals surface area contributed by atoms with Gasteiger partial charge in [0.05, 0.1) is 28.0 Å². The number of carbonyl (C=O) groups excluding carboxylic acids is 1. The van der Waals surface area contributed by atoms with Crippen LogP contribution in [-0.4, -0.2) is 47.2 Å². The Hall–Kier alpha value is -4.81. The van der Waals surface area contributed by atoms with Gasteiger partial charge >= 0.3 is 11.9 Å². The number of piperidine rings is 1. The van der Waals surface area contributed by atoms with E-state index in [1.54, 1.807) is 40.1 Å². The fraction of sp³-hybridized carbons (Fsp3) is 0.312. The summed E-state index contributed by atoms with van der Waals surface area (Å²) in [6, 6.07) is 12.7. The van der Waals surface area contributed by atoms with E-state index in [-0.39, 0.29) is 35.3 Å². The number of halogens is 5. The van der Waals surface area contributed by atoms with E-state index in [9.17, 15) is 31.5 Å². The molecular formula is C32H29F5N6O2. The molecule has 5 aromatic rings. The van der Waals surface area contributed by atoms with Gasteiger partial charge in [0, 0.05) is 48.6 Å². The first-order chi connectivity index (χ1) is 21.2. The Labute approximate surface area is 254 Å². The highest BCUT2D eigenvalue weighted by Crippen LogP contribution is 2.36. The lowest BCUT2D eigenvalue weighted by molar-refractivity contribution is -0.137. The van der Waals surface area contributed by atoms with Crippen LogP contribution in [-0.2, 0) is 12.1 Å². The molecule has 1 aliphatic heterocycles. The molecule has 2 unspecified atom stereocenters. The quantitative estimate of drug-likeness (QED) is 0.214. The third-order valence-corrected chi connectivity index (χ3v) is 8.34. The van der Waals surface area contributed by atoms with Crippen LogP contribution >= 0.6 is 0 Å². The highest BCUT2D eigenvalue weighted by molar-refractivity contribution is 5.94. The molecular weight excluding hydrogens is 595 g/mol. The van der Waals surface area contributed by atoms with Crippen molar-refractivity contribution >= 4 is 16.9 Å². The first-order valence-corrected chi connectivity index (χ1v) is 14.4. The summed E-state index contributed by atoms with van der Waals surface area (Å²) in [6.45, 7) is 4.53. The van der Waals surface area contributed by atoms with Gasteiger partial charge in [-0.3, -0.25) is 14.3 Å². The van der Waals surface area contributed by atoms with Crippen molar-refractivity contribution in [3.63, 3.8) is 0 Å². The SMILES string of the molecule is CC1CC(n2c(=O)[nH]c3cc(C(C)(F)F)ccc32)CC(C)N1C(=O)c1cc(-c2ccncc2)n(-c2ccc(C(F)(F)F)cc2)n1. The molecule has 0 spiro atoms. The zero-order valence-corrected chi connectivity index (χ0v) is 24.5. The van der Waals surface area contributed by atoms with Gasteiger partial charge in [0.25, 0.3) is 11.8 Å². The predicted molar refractivity (Wildman–Crippen MR) is 157 cm³/mol. The average molecular weight is 625 g/mol. The van der Waals surface area contributed by atoms with E-state index >= 15 is 0 Å². The smallest absolute Gasteiger partial charge is 0.332 e. The number of aromatic nitrogens is 5. The molecule has 3 aromatic heterocycles. The van der Waals surface area contributed by atoms with Crippen molar-refractivity contribution in [2.24, 2.45) is 0 Å². The van der Waals surface area contributed by atoms with Crippen molar-refractivity contribution in [2.45, 2.75) is 63.8 Å². The molecule has 1 aliphatic rings. The van der Waals surface area contributed by atoms with Crippen LogP contribution in [0.2, 0.25) is 0 Å². The van der Waals surface area contributed by atoms with Crippen molar-refractivity contribution < 1.29 is 26.7 Å². The second-order valence-electron chi connectivity index (χ2n) is 11.6. The van der Waals surface area contributed by atoms with Crippen LogP contribution in [0.25, 0.3) is 28.0 Å². The lowest BCUT2D eigenvalue weighted by atomic mass is 9.92. The molecule has 1 saturated heterocycles. The molecule has 45 heavy (non-hydrogen) atoms. The minimum Gasteiger partial charge on any atom is -0.332 e. The number of likely N-dealkylation sites (tertiary alicyclic amines) is 1. The molecule has 234 valence electrons. The van der Waals surface area contributed by atoms with Gasteiger partial charge in [-0.2, -0.15) is 18.3 Å². The molecule has 1 fully saturated rings. The number of fused-ring (bicyclic) bond motifs is 1. The standard InChI is InChI=1S/C32H29F5N6O2/c1-18-14-24(42-27-9-6-22(31(3,33)34)16-25(27)39-30(42)45)15-19(2)41(18)29(44)26-17-28(20-10-12-38-13-11-20)43(40-26)23-7-4-21(5-8-23)32(35,36)37/h4-13,16-19,24H,14-15H2,1-3H3,(H,39,45). The van der Waals surface area contributed by atoms with Crippen LogP contribution in [0.5, 0.6) is 0 Å². The van der Waals surface area contributed by atoms with E-state index in [0.29, 0.717) is 40.8 Å². The van der Waals surface area contributed by atoms with E-state index < -0.39 is 23.4 Å². The molecule has 2 aromatic carbocycles. The molecule has 2 atom stereocenters. The van der Waals surface area contributed by atoms with Gasteiger partial charge in [-0.15, -0.1) is 0 Å². The molecule has 13 heteroatoms. The molecule has 1 amide bonds. The topological polar surface area (TPSA) is 88.8 Å². The van der Waals surface area contributed by atoms with Crippen molar-refractivity contribution in [3.8, 4) is 16.9 Å². The number of imidazole rings is 1. The first-order valence-electron chi connectivity index (χ1n) is 14.4. The fourth-order valence-electron chi connectivity index (χ4n) is 6.26. The van der Waals surface area contributed by atoms with Crippen LogP contribution in [0.4, 0.5) is 22.0 Å². The van der Waals surface area contributed by atoms with E-state index in [4.69, 9.17) is 0 Å². The summed E-state index contributed by atoms with van der Waals surface area (Å²) >= 11 is 0. The zero-order valence-electron chi connectivity index (χ0n) is 24.5. The minimum absolute atomic E-state index is 0.108. The minimum atomic E-state index is -4.50. The average Bonchev–Trinajstić information content (AvgIpc) is 3.57. The van der Waals surface area contributed by atoms with Crippen LogP contribution in [0.1, 0.15) is 61.3 Å². The Morgan fingerprint density at radius 2 is 1.51 bits per heavy atom. The zero-order chi connectivity index (χ0) is 32.3. The monoisotopic (exact) mass is 624 g/mol. The highest BCUT2D eigenvalue weighted by atomic mass is 19.4. The van der Waals surface area contributed by atoms with Crippen LogP contribution in [0.15, 0.2) is 77.9 Å². The summed E-state index contributed by atoms with van der Waals surface area (Å²) < 4.78 is 70.4. The number of nitrogens with zero attached hydrogens (tertiary/aromatic N) is 5. The Kier molecular flexibility index (Phi) is 7.37. The van der Waals surface area contributed by atoms with Crippen molar-refractivity contribution in [1.29, 1.82) is 0 Å². The van der Waals surface area contributed by atoms with Crippen LogP contribution < -0.4 is 5.69 Å². The number of hydrogen-bond donors (Lipinski definition) is 1. The summed E-state index contributed by atoms with van der Waals surface area (Å²) in [5.74, 6) is -3.42. The number of rotatable bonds is 5. The Bertz CT molecular complexity index is 1910. The molecule has 8 nitrogen and oxygen atoms in total. The summed E-state index contributed by atoms with van der Waals surface area (Å²) in [5, 5.41) is 4.55. The van der Waals surface area contributed by atoms with E-state index in [2.05, 4.69) is 15.1 Å². The van der Waals surface area contributed by atoms with Gasteiger partial charge in [-0.05, 0) is 81.3 Å². The van der Waals surface area contributed by atoms with Crippen molar-refractivity contribution in [1.82, 2.24) is 29.2 Å². The fourth-order valence-corrected chi connectivity index (χ4v) is 6.26. The van der Waals surface area contributed by atoms with Crippen molar-refractivity contribution in [2.75, 3.05) is 0 Å². The highest BCUT2D eigenvalue weighted by Gasteiger charge is 2.38. The number of benzene rings is 2. The van der Waals surface area contributed by atoms with Gasteiger partial charge in [0.15, 0.2) is 5.69 Å². The van der Waals surface area contributed by atoms with Gasteiger partial charge in [-0.1, -0.05) is 6.07 Å². The third kappa shape index (κ3) is 5.62. The number of H-pyrrole nitrogens is 1. The van der Waals surface area contributed by atoms with Gasteiger partial charge < -0.3 is 9.88 Å². The molecule has 4 heterocycles. The van der Waals surface area contributed by atoms with E-state index in [1.165, 1.54) is 35.0 Å². The summed E-state index contributed by atoms with van der Waals surface area (Å²) in [4.78, 5) is 35.4. The lowest BCUT2D eigenvalue weighted by Crippen LogP contribution is -2.51. The number of hydrogen-bond acceptors (Lipinski definition) is 4. The van der Waals surface area contributed by atoms with Crippen molar-refractivity contribution in [3.05, 3.63) is 100 Å². The number of amides is 1. The maximum Gasteiger partial charge on any atom is 0.416 e. The molecule has 0 radical (unpaired) electrons. The number of aromatic amines is 1. The predicted octanol–water partition coefficient (Wildman–Crippen LogP) is 6.96. The maximum atomic E-state index is 14.0. The van der Waals surface area contributed by atoms with Gasteiger partial charge in [-0.25, -0.2) is 18.3 Å². The van der Waals surface area contributed by atoms with Crippen LogP contribution in [0, 0.1) is 0 Å². The number of pyridine rings is 1. The summed E-state index contributed by atoms with van der Waals surface area (Å²) in [5.41, 5.74) is 1.02. The third-order valence-electron chi connectivity index (χ3n) is 8.34. The lowest BCUT2D eigenvalue weighted by Gasteiger charge is -2.42. The molecule has 6 rings (SSSR count). The largest absolute Gasteiger partial charge is 0.416 e. The Balaban J connectivity index is 1.31. The number of carbonyl (C=O) groups is 1. The van der Waals surface area contributed by atoms with E-state index in [1.807, 2.05) is 13.8 Å². The molecule has 1 N–H and O–H groups in total. The summed E-state index contributed by atoms with van der Waals surface area (Å²) in [6.07, 6.45) is -0.522. The van der Waals surface area contributed by atoms with E-state index in [0.717, 1.165) is 19.1 Å². The molecule has 0 aliphatic carbocycles. The Morgan fingerprint density at radius 3 is 2.11 bits per heavy atom. The molecule has 0 bridgehead atoms. The summed E-state index contributed by atoms with van der Waals surface area (Å²) in [7, 11) is 0. The second-order valence-corrected chi connectivity index (χ2v) is 11.6. The second kappa shape index (κ2) is 11.0. The maximum absolute atomic E-state index is 14.0. The Morgan fingerprint density at radius 1 is 0.889 bits per heavy atom. The van der Waals surface area contributed by atoms with Gasteiger partial charge in [0.2, 0.25) is 0 Å².